The largest absolute Gasteiger partial charge is 0.493 e. The molecule has 4 amide bonds. The van der Waals surface area contributed by atoms with Crippen molar-refractivity contribution in [1.29, 1.82) is 10.5 Å². The molecule has 2 saturated heterocycles. The molecule has 12 atom stereocenters. The van der Waals surface area contributed by atoms with E-state index in [9.17, 15) is 62.1 Å². The standard InChI is InChI=1S/C46H55N5O9.C37H42F3N5O9/c1-8-9-11-16-37(54)60-45-38-30(19-25(2)41(45)56-7)20-32-34(22-47)51-33(40(38)50(32)6)21-31-39(44-43(57-24-58-44)26(3)42(31)59-28(5)52)35(51)23-48-46(55)27(4)49-36(53)18-17-29-14-12-10-13-15-29;1-8-9-26(47)54-34-27-20(10-16(2)30(34)50-7)11-22-24(13-41)45-23(29(27)44(22)6)12-21-28(33-32(51-15-52-33)17(3)31(21)53-19(5)46)25(45)14-42-35(48)18(4)43-36(49)37(38,39)40/h10,12-15,19,27,32-35,40H,8-9,11,16-18,20-21,23-24H2,1-7H3,(H,48,55)(H,49,53);10,18,22-25,29H,8-9,11-12,14-15H2,1-7H3,(H,42,48)(H,43,49)/t27?,32-,33?,34-,35-,40-;18-,22-,23?,24-,25-,29-/m00/s1. The third-order valence-electron chi connectivity index (χ3n) is 23.0. The summed E-state index contributed by atoms with van der Waals surface area (Å²) in [5.41, 5.74) is 9.38. The number of hydrogen-bond acceptors (Lipinski definition) is 24. The van der Waals surface area contributed by atoms with Crippen LogP contribution >= 0.6 is 0 Å². The zero-order valence-corrected chi connectivity index (χ0v) is 66.4. The minimum atomic E-state index is -5.20. The molecule has 0 aromatic heterocycles. The first-order valence-corrected chi connectivity index (χ1v) is 38.5. The van der Waals surface area contributed by atoms with Crippen LogP contribution in [-0.2, 0) is 70.5 Å². The molecule has 5 aromatic carbocycles. The highest BCUT2D eigenvalue weighted by atomic mass is 19.4. The fourth-order valence-electron chi connectivity index (χ4n) is 18.2. The Kier molecular flexibility index (Phi) is 24.8. The van der Waals surface area contributed by atoms with Crippen LogP contribution in [-0.4, -0.2) is 177 Å². The van der Waals surface area contributed by atoms with Gasteiger partial charge in [0, 0.05) is 115 Å². The number of esters is 4. The van der Waals surface area contributed by atoms with Crippen molar-refractivity contribution < 1.29 is 98.9 Å². The van der Waals surface area contributed by atoms with E-state index >= 15 is 0 Å². The Hall–Kier alpha value is -10.7. The molecule has 3 unspecified atom stereocenters. The van der Waals surface area contributed by atoms with Crippen LogP contribution in [0.4, 0.5) is 13.2 Å². The SMILES string of the molecule is CCCC(=O)Oc1c(OC)c(C)cc2c1[C@@H]1C3Cc4c(OC(C)=O)c(C)c5c(c4[C@H](CNC(=O)[C@H](C)NC(=O)C(F)(F)F)N3[C@@H](C#N)[C@H](C2)N1C)OCO5.CCCCCC(=O)Oc1c(OC)c(C)cc2c1[C@@H]1C3Cc4c(OC(C)=O)c(C)c5c(c4[C@H](CNC(=O)C(C)NC(=O)CCc4ccccc4)N3[C@@H](C#N)[C@H](C2)N1C)OCO5. The van der Waals surface area contributed by atoms with Gasteiger partial charge in [-0.05, 0) is 128 Å². The second kappa shape index (κ2) is 34.1. The van der Waals surface area contributed by atoms with E-state index in [0.29, 0.717) is 123 Å². The Balaban J connectivity index is 0.000000212. The van der Waals surface area contributed by atoms with Crippen molar-refractivity contribution in [1.82, 2.24) is 40.9 Å². The first-order chi connectivity index (χ1) is 54.4. The zero-order valence-electron chi connectivity index (χ0n) is 66.4. The summed E-state index contributed by atoms with van der Waals surface area (Å²) in [6, 6.07) is 10.6. The molecule has 8 aliphatic rings. The van der Waals surface area contributed by atoms with Crippen LogP contribution in [0.5, 0.6) is 57.5 Å². The summed E-state index contributed by atoms with van der Waals surface area (Å²) in [6.07, 6.45) is 0.453. The van der Waals surface area contributed by atoms with Crippen molar-refractivity contribution >= 4 is 47.5 Å². The number of fused-ring (bicyclic) bond motifs is 18. The van der Waals surface area contributed by atoms with Gasteiger partial charge in [-0.25, -0.2) is 0 Å². The third-order valence-corrected chi connectivity index (χ3v) is 23.0. The first kappa shape index (κ1) is 82.7. The number of nitrogens with one attached hydrogen (secondary N) is 4. The molecule has 5 aromatic rings. The number of alkyl halides is 3. The molecule has 31 heteroatoms. The maximum absolute atomic E-state index is 13.9. The number of amides is 4. The lowest BCUT2D eigenvalue weighted by Gasteiger charge is -2.60. The molecule has 2 fully saturated rings. The molecule has 0 saturated carbocycles. The van der Waals surface area contributed by atoms with E-state index in [1.165, 1.54) is 21.0 Å². The van der Waals surface area contributed by atoms with Crippen LogP contribution < -0.4 is 68.6 Å². The summed E-state index contributed by atoms with van der Waals surface area (Å²) in [4.78, 5) is 112. The number of likely N-dealkylation sites (N-methyl/N-ethyl adjacent to an activating group) is 2. The summed E-state index contributed by atoms with van der Waals surface area (Å²) in [5.74, 6) is -2.16. The number of methoxy groups -OCH3 is 2. The normalized spacial score (nSPS) is 22.4. The predicted molar refractivity (Wildman–Crippen MR) is 404 cm³/mol. The minimum absolute atomic E-state index is 0.0234. The second-order valence-corrected chi connectivity index (χ2v) is 30.3. The van der Waals surface area contributed by atoms with E-state index in [-0.39, 0.29) is 81.8 Å². The predicted octanol–water partition coefficient (Wildman–Crippen LogP) is 9.10. The number of aryl methyl sites for hydroxylation is 3. The average molecular weight is 1580 g/mol. The Labute approximate surface area is 659 Å². The van der Waals surface area contributed by atoms with Gasteiger partial charge in [0.2, 0.25) is 31.3 Å². The van der Waals surface area contributed by atoms with E-state index in [1.54, 1.807) is 26.3 Å². The van der Waals surface area contributed by atoms with Gasteiger partial charge in [0.05, 0.1) is 50.5 Å². The molecule has 8 aliphatic heterocycles. The monoisotopic (exact) mass is 1580 g/mol. The van der Waals surface area contributed by atoms with Gasteiger partial charge < -0.3 is 68.6 Å². The molecule has 0 spiro atoms. The number of benzene rings is 5. The minimum Gasteiger partial charge on any atom is -0.493 e. The fourth-order valence-corrected chi connectivity index (χ4v) is 18.2. The Morgan fingerprint density at radius 2 is 0.991 bits per heavy atom. The molecule has 28 nitrogen and oxygen atoms in total. The van der Waals surface area contributed by atoms with Gasteiger partial charge in [-0.1, -0.05) is 69.2 Å². The molecule has 13 rings (SSSR count). The van der Waals surface area contributed by atoms with Gasteiger partial charge in [0.1, 0.15) is 35.7 Å². The molecule has 608 valence electrons. The van der Waals surface area contributed by atoms with Crippen LogP contribution in [0.2, 0.25) is 0 Å². The van der Waals surface area contributed by atoms with Crippen LogP contribution in [0.25, 0.3) is 0 Å². The molecule has 0 radical (unpaired) electrons. The highest BCUT2D eigenvalue weighted by molar-refractivity contribution is 5.90. The van der Waals surface area contributed by atoms with E-state index < -0.39 is 108 Å². The molecule has 0 aliphatic carbocycles. The van der Waals surface area contributed by atoms with E-state index in [1.807, 2.05) is 83.1 Å². The topological polar surface area (TPSA) is 338 Å². The molecule has 8 heterocycles. The molecule has 114 heavy (non-hydrogen) atoms. The van der Waals surface area contributed by atoms with Crippen LogP contribution in [0.1, 0.15) is 183 Å². The average Bonchev–Trinajstić information content (AvgIpc) is 0.934. The Morgan fingerprint density at radius 3 is 1.40 bits per heavy atom. The summed E-state index contributed by atoms with van der Waals surface area (Å²) in [6.45, 7) is 16.2. The third kappa shape index (κ3) is 15.7. The second-order valence-electron chi connectivity index (χ2n) is 30.3. The molecular formula is C83H97F3N10O18. The first-order valence-electron chi connectivity index (χ1n) is 38.5. The van der Waals surface area contributed by atoms with Crippen molar-refractivity contribution in [2.75, 3.05) is 55.0 Å². The quantitative estimate of drug-likeness (QED) is 0.0269. The Morgan fingerprint density at radius 1 is 0.553 bits per heavy atom. The maximum atomic E-state index is 13.9. The lowest BCUT2D eigenvalue weighted by molar-refractivity contribution is -0.174. The van der Waals surface area contributed by atoms with Crippen molar-refractivity contribution in [3.05, 3.63) is 115 Å². The number of carbonyl (C=O) groups is 8. The van der Waals surface area contributed by atoms with Gasteiger partial charge in [-0.15, -0.1) is 0 Å². The Bertz CT molecular complexity index is 4740. The number of carbonyl (C=O) groups excluding carboxylic acids is 8. The van der Waals surface area contributed by atoms with E-state index in [0.717, 1.165) is 53.1 Å². The number of hydrogen-bond donors (Lipinski definition) is 4. The highest BCUT2D eigenvalue weighted by Crippen LogP contribution is 2.61. The van der Waals surface area contributed by atoms with E-state index in [2.05, 4.69) is 55.8 Å². The summed E-state index contributed by atoms with van der Waals surface area (Å²) in [7, 11) is 6.94. The number of rotatable bonds is 23. The summed E-state index contributed by atoms with van der Waals surface area (Å²) in [5, 5.41) is 32.3. The van der Waals surface area contributed by atoms with Crippen LogP contribution in [0.15, 0.2) is 42.5 Å². The van der Waals surface area contributed by atoms with Gasteiger partial charge in [-0.2, -0.15) is 23.7 Å². The lowest BCUT2D eigenvalue weighted by atomic mass is 9.71. The number of nitriles is 2. The number of ether oxygens (including phenoxy) is 10. The fraction of sp³-hybridized carbons (Fsp3) is 0.518. The smallest absolute Gasteiger partial charge is 0.471 e. The number of halogens is 3. The molecule has 4 N–H and O–H groups in total. The molecular weight excluding hydrogens is 1480 g/mol. The van der Waals surface area contributed by atoms with Gasteiger partial charge in [0.15, 0.2) is 46.0 Å². The lowest BCUT2D eigenvalue weighted by Crippen LogP contribution is -2.69. The zero-order chi connectivity index (χ0) is 82.2. The van der Waals surface area contributed by atoms with Gasteiger partial charge in [0.25, 0.3) is 0 Å². The van der Waals surface area contributed by atoms with Crippen molar-refractivity contribution in [3.63, 3.8) is 0 Å². The van der Waals surface area contributed by atoms with Gasteiger partial charge in [-0.3, -0.25) is 58.0 Å². The van der Waals surface area contributed by atoms with Crippen molar-refractivity contribution in [2.45, 2.75) is 225 Å². The van der Waals surface area contributed by atoms with E-state index in [4.69, 9.17) is 47.4 Å². The van der Waals surface area contributed by atoms with Crippen molar-refractivity contribution in [2.24, 2.45) is 0 Å². The van der Waals surface area contributed by atoms with Crippen LogP contribution in [0.3, 0.4) is 0 Å². The number of unbranched alkanes of at least 4 members (excludes halogenated alkanes) is 2. The van der Waals surface area contributed by atoms with Crippen molar-refractivity contribution in [3.8, 4) is 69.6 Å². The highest BCUT2D eigenvalue weighted by Gasteiger charge is 2.60. The number of nitrogens with zero attached hydrogens (tertiary/aromatic N) is 6. The van der Waals surface area contributed by atoms with Gasteiger partial charge >= 0.3 is 36.0 Å². The van der Waals surface area contributed by atoms with Crippen LogP contribution in [0, 0.1) is 50.4 Å². The summed E-state index contributed by atoms with van der Waals surface area (Å²) >= 11 is 0. The maximum Gasteiger partial charge on any atom is 0.471 e. The number of piperazine rings is 2. The summed E-state index contributed by atoms with van der Waals surface area (Å²) < 4.78 is 99.1. The molecule has 4 bridgehead atoms.